The van der Waals surface area contributed by atoms with Crippen LogP contribution in [0.25, 0.3) is 21.8 Å². The second-order valence-electron chi connectivity index (χ2n) is 6.83. The van der Waals surface area contributed by atoms with Crippen LogP contribution in [0.5, 0.6) is 0 Å². The van der Waals surface area contributed by atoms with Crippen molar-refractivity contribution in [3.05, 3.63) is 73.1 Å². The van der Waals surface area contributed by atoms with E-state index < -0.39 is 0 Å². The van der Waals surface area contributed by atoms with Crippen LogP contribution in [-0.2, 0) is 0 Å². The Morgan fingerprint density at radius 2 is 1.35 bits per heavy atom. The monoisotopic (exact) mass is 344 g/mol. The Balaban J connectivity index is 1.89. The van der Waals surface area contributed by atoms with Crippen LogP contribution in [-0.4, -0.2) is 41.7 Å². The van der Waals surface area contributed by atoms with Crippen LogP contribution in [0.2, 0.25) is 0 Å². The fourth-order valence-corrected chi connectivity index (χ4v) is 3.56. The predicted molar refractivity (Wildman–Crippen MR) is 110 cm³/mol. The molecule has 0 radical (unpaired) electrons. The summed E-state index contributed by atoms with van der Waals surface area (Å²) < 4.78 is 2.36. The van der Waals surface area contributed by atoms with Gasteiger partial charge in [-0.1, -0.05) is 36.4 Å². The van der Waals surface area contributed by atoms with Gasteiger partial charge in [-0.25, -0.2) is 0 Å². The van der Waals surface area contributed by atoms with Crippen LogP contribution in [0, 0.1) is 0 Å². The standard InChI is InChI=1S/C22H24N4/c1-24(2)16-7-17-25(18-12-14-23-15-13-18)26-21-10-5-3-8-19(21)20-9-4-6-11-22(20)26/h3-6,8-15H,7,16-17H2,1-2H3. The molecule has 0 spiro atoms. The van der Waals surface area contributed by atoms with Crippen molar-refractivity contribution in [1.82, 2.24) is 14.6 Å². The Hall–Kier alpha value is -2.85. The summed E-state index contributed by atoms with van der Waals surface area (Å²) in [4.78, 5) is 6.43. The van der Waals surface area contributed by atoms with Gasteiger partial charge in [0.05, 0.1) is 16.7 Å². The quantitative estimate of drug-likeness (QED) is 0.518. The van der Waals surface area contributed by atoms with Crippen molar-refractivity contribution < 1.29 is 0 Å². The molecule has 4 aromatic rings. The van der Waals surface area contributed by atoms with E-state index in [1.54, 1.807) is 0 Å². The second kappa shape index (κ2) is 7.18. The lowest BCUT2D eigenvalue weighted by molar-refractivity contribution is 0.398. The van der Waals surface area contributed by atoms with E-state index in [0.717, 1.165) is 25.2 Å². The minimum Gasteiger partial charge on any atom is -0.309 e. The molecule has 0 unspecified atom stereocenters. The first-order valence-corrected chi connectivity index (χ1v) is 9.06. The lowest BCUT2D eigenvalue weighted by atomic mass is 10.2. The summed E-state index contributed by atoms with van der Waals surface area (Å²) in [6.45, 7) is 1.99. The fraction of sp³-hybridized carbons (Fsp3) is 0.227. The molecule has 0 bridgehead atoms. The van der Waals surface area contributed by atoms with E-state index in [-0.39, 0.29) is 0 Å². The molecule has 0 aliphatic carbocycles. The number of nitrogens with zero attached hydrogens (tertiary/aromatic N) is 4. The van der Waals surface area contributed by atoms with Crippen LogP contribution in [0.3, 0.4) is 0 Å². The Morgan fingerprint density at radius 3 is 1.92 bits per heavy atom. The molecule has 2 aromatic heterocycles. The zero-order chi connectivity index (χ0) is 17.9. The average Bonchev–Trinajstić information content (AvgIpc) is 3.00. The van der Waals surface area contributed by atoms with Crippen LogP contribution in [0.15, 0.2) is 73.1 Å². The molecule has 2 aromatic carbocycles. The Labute approximate surface area is 154 Å². The highest BCUT2D eigenvalue weighted by Crippen LogP contribution is 2.31. The first-order valence-electron chi connectivity index (χ1n) is 9.06. The molecule has 0 amide bonds. The van der Waals surface area contributed by atoms with Crippen molar-refractivity contribution in [2.45, 2.75) is 6.42 Å². The molecule has 4 nitrogen and oxygen atoms in total. The maximum Gasteiger partial charge on any atom is 0.0712 e. The number of benzene rings is 2. The second-order valence-corrected chi connectivity index (χ2v) is 6.83. The van der Waals surface area contributed by atoms with E-state index in [0.29, 0.717) is 0 Å². The topological polar surface area (TPSA) is 24.3 Å². The lowest BCUT2D eigenvalue weighted by Crippen LogP contribution is -2.32. The number of hydrogen-bond donors (Lipinski definition) is 0. The summed E-state index contributed by atoms with van der Waals surface area (Å²) in [6.07, 6.45) is 4.81. The summed E-state index contributed by atoms with van der Waals surface area (Å²) >= 11 is 0. The van der Waals surface area contributed by atoms with Gasteiger partial charge in [-0.3, -0.25) is 14.7 Å². The summed E-state index contributed by atoms with van der Waals surface area (Å²) in [7, 11) is 4.24. The first-order chi connectivity index (χ1) is 12.8. The van der Waals surface area contributed by atoms with E-state index in [2.05, 4.69) is 94.3 Å². The smallest absolute Gasteiger partial charge is 0.0712 e. The van der Waals surface area contributed by atoms with E-state index in [1.807, 2.05) is 12.4 Å². The molecule has 2 heterocycles. The SMILES string of the molecule is CN(C)CCCN(c1ccncc1)n1c2ccccc2c2ccccc21. The van der Waals surface area contributed by atoms with E-state index in [1.165, 1.54) is 21.8 Å². The van der Waals surface area contributed by atoms with Gasteiger partial charge in [0, 0.05) is 29.7 Å². The van der Waals surface area contributed by atoms with Gasteiger partial charge in [0.15, 0.2) is 0 Å². The molecule has 0 saturated carbocycles. The summed E-state index contributed by atoms with van der Waals surface area (Å²) in [5, 5.41) is 4.94. The number of hydrogen-bond acceptors (Lipinski definition) is 3. The van der Waals surface area contributed by atoms with Gasteiger partial charge in [0.1, 0.15) is 0 Å². The van der Waals surface area contributed by atoms with Crippen molar-refractivity contribution in [3.63, 3.8) is 0 Å². The molecule has 4 rings (SSSR count). The largest absolute Gasteiger partial charge is 0.309 e. The van der Waals surface area contributed by atoms with Gasteiger partial charge in [-0.15, -0.1) is 0 Å². The summed E-state index contributed by atoms with van der Waals surface area (Å²) in [6, 6.07) is 21.4. The molecule has 0 aliphatic rings. The fourth-order valence-electron chi connectivity index (χ4n) is 3.56. The van der Waals surface area contributed by atoms with Crippen molar-refractivity contribution in [2.75, 3.05) is 32.2 Å². The normalized spacial score (nSPS) is 11.5. The Bertz CT molecular complexity index is 951. The van der Waals surface area contributed by atoms with Gasteiger partial charge in [-0.05, 0) is 51.3 Å². The third kappa shape index (κ3) is 3.04. The maximum absolute atomic E-state index is 4.20. The minimum atomic E-state index is 0.935. The number of pyridine rings is 1. The van der Waals surface area contributed by atoms with Crippen LogP contribution in [0.1, 0.15) is 6.42 Å². The van der Waals surface area contributed by atoms with Crippen LogP contribution >= 0.6 is 0 Å². The van der Waals surface area contributed by atoms with E-state index in [4.69, 9.17) is 0 Å². The highest BCUT2D eigenvalue weighted by atomic mass is 15.5. The number of rotatable bonds is 6. The number of aromatic nitrogens is 2. The zero-order valence-electron chi connectivity index (χ0n) is 15.3. The number of fused-ring (bicyclic) bond motifs is 3. The average molecular weight is 344 g/mol. The van der Waals surface area contributed by atoms with Crippen molar-refractivity contribution in [1.29, 1.82) is 0 Å². The first kappa shape index (κ1) is 16.6. The molecule has 0 atom stereocenters. The predicted octanol–water partition coefficient (Wildman–Crippen LogP) is 4.41. The van der Waals surface area contributed by atoms with Gasteiger partial charge in [-0.2, -0.15) is 0 Å². The third-order valence-corrected chi connectivity index (χ3v) is 4.73. The molecule has 0 fully saturated rings. The van der Waals surface area contributed by atoms with Gasteiger partial charge >= 0.3 is 0 Å². The van der Waals surface area contributed by atoms with E-state index >= 15 is 0 Å². The Morgan fingerprint density at radius 1 is 0.769 bits per heavy atom. The third-order valence-electron chi connectivity index (χ3n) is 4.73. The maximum atomic E-state index is 4.20. The molecular weight excluding hydrogens is 320 g/mol. The van der Waals surface area contributed by atoms with Gasteiger partial charge in [0.25, 0.3) is 0 Å². The lowest BCUT2D eigenvalue weighted by Gasteiger charge is -2.28. The molecular formula is C22H24N4. The highest BCUT2D eigenvalue weighted by molar-refractivity contribution is 6.08. The van der Waals surface area contributed by atoms with Crippen LogP contribution < -0.4 is 5.01 Å². The molecule has 0 aliphatic heterocycles. The van der Waals surface area contributed by atoms with Gasteiger partial charge in [0.2, 0.25) is 0 Å². The molecule has 0 saturated heterocycles. The molecule has 4 heteroatoms. The molecule has 26 heavy (non-hydrogen) atoms. The van der Waals surface area contributed by atoms with Crippen molar-refractivity contribution in [3.8, 4) is 0 Å². The van der Waals surface area contributed by atoms with Crippen molar-refractivity contribution >= 4 is 27.5 Å². The number of anilines is 1. The summed E-state index contributed by atoms with van der Waals surface area (Å²) in [5.74, 6) is 0. The van der Waals surface area contributed by atoms with E-state index in [9.17, 15) is 0 Å². The van der Waals surface area contributed by atoms with Crippen molar-refractivity contribution in [2.24, 2.45) is 0 Å². The number of para-hydroxylation sites is 2. The van der Waals surface area contributed by atoms with Gasteiger partial charge < -0.3 is 4.90 Å². The highest BCUT2D eigenvalue weighted by Gasteiger charge is 2.16. The Kier molecular flexibility index (Phi) is 4.59. The minimum absolute atomic E-state index is 0.935. The zero-order valence-corrected chi connectivity index (χ0v) is 15.3. The molecule has 132 valence electrons. The van der Waals surface area contributed by atoms with Crippen LogP contribution in [0.4, 0.5) is 5.69 Å². The molecule has 0 N–H and O–H groups in total. The summed E-state index contributed by atoms with van der Waals surface area (Å²) in [5.41, 5.74) is 3.62.